The number of nitrogens with zero attached hydrogens (tertiary/aromatic N) is 3. The van der Waals surface area contributed by atoms with Gasteiger partial charge >= 0.3 is 12.1 Å². The molecule has 2 heterocycles. The van der Waals surface area contributed by atoms with E-state index in [9.17, 15) is 18.0 Å². The van der Waals surface area contributed by atoms with E-state index >= 15 is 0 Å². The van der Waals surface area contributed by atoms with Crippen LogP contribution in [0.1, 0.15) is 16.2 Å². The Balaban J connectivity index is 0.000000479. The van der Waals surface area contributed by atoms with E-state index in [1.165, 1.54) is 0 Å². The van der Waals surface area contributed by atoms with Crippen molar-refractivity contribution in [3.8, 4) is 5.69 Å². The van der Waals surface area contributed by atoms with E-state index in [-0.39, 0.29) is 12.2 Å². The molecular formula is C24H26F3N5O5. The minimum absolute atomic E-state index is 0.248. The number of nitrogens with two attached hydrogens (primary N) is 1. The zero-order valence-electron chi connectivity index (χ0n) is 20.0. The van der Waals surface area contributed by atoms with Gasteiger partial charge < -0.3 is 30.5 Å². The van der Waals surface area contributed by atoms with Gasteiger partial charge in [-0.3, -0.25) is 4.79 Å². The number of aromatic nitrogens is 2. The largest absolute Gasteiger partial charge is 0.490 e. The van der Waals surface area contributed by atoms with Crippen LogP contribution >= 0.6 is 0 Å². The van der Waals surface area contributed by atoms with Crippen LogP contribution in [0.5, 0.6) is 0 Å². The number of hydrogen-bond acceptors (Lipinski definition) is 7. The fourth-order valence-electron chi connectivity index (χ4n) is 3.54. The molecule has 3 aromatic rings. The standard InChI is InChI=1S/C22H25N5O3.C2HF3O2/c1-15-12-20(27(25-15)17-7-5-6-16(23)13-17)22(28)24-18-8-3-4-9-19(18)26-10-11-30-21(14-26)29-2;3-2(4,5)1(6)7/h3-9,12-13,21H,10-11,14,23H2,1-2H3,(H,24,28);(H,6,7). The molecule has 37 heavy (non-hydrogen) atoms. The molecule has 1 aliphatic heterocycles. The van der Waals surface area contributed by atoms with E-state index in [1.54, 1.807) is 30.0 Å². The summed E-state index contributed by atoms with van der Waals surface area (Å²) in [6.45, 7) is 3.71. The highest BCUT2D eigenvalue weighted by atomic mass is 19.4. The van der Waals surface area contributed by atoms with Crippen LogP contribution < -0.4 is 16.0 Å². The minimum atomic E-state index is -5.08. The second kappa shape index (κ2) is 11.8. The zero-order chi connectivity index (χ0) is 27.2. The third-order valence-electron chi connectivity index (χ3n) is 5.21. The number of aryl methyl sites for hydroxylation is 1. The van der Waals surface area contributed by atoms with Gasteiger partial charge in [0.05, 0.1) is 35.9 Å². The summed E-state index contributed by atoms with van der Waals surface area (Å²) in [5, 5.41) is 14.6. The molecule has 1 aliphatic rings. The number of nitrogens with one attached hydrogen (secondary N) is 1. The van der Waals surface area contributed by atoms with E-state index in [4.69, 9.17) is 25.1 Å². The van der Waals surface area contributed by atoms with Gasteiger partial charge in [-0.2, -0.15) is 18.3 Å². The minimum Gasteiger partial charge on any atom is -0.475 e. The van der Waals surface area contributed by atoms with Gasteiger partial charge in [-0.1, -0.05) is 18.2 Å². The van der Waals surface area contributed by atoms with Gasteiger partial charge in [-0.25, -0.2) is 9.48 Å². The molecule has 4 rings (SSSR count). The molecule has 198 valence electrons. The van der Waals surface area contributed by atoms with E-state index in [1.807, 2.05) is 43.3 Å². The number of halogens is 3. The summed E-state index contributed by atoms with van der Waals surface area (Å²) in [5.41, 5.74) is 10.1. The maximum atomic E-state index is 13.2. The van der Waals surface area contributed by atoms with Crippen LogP contribution in [-0.4, -0.2) is 66.0 Å². The Bertz CT molecular complexity index is 1250. The van der Waals surface area contributed by atoms with Crippen molar-refractivity contribution in [3.05, 3.63) is 66.0 Å². The van der Waals surface area contributed by atoms with Crippen LogP contribution in [0, 0.1) is 6.92 Å². The van der Waals surface area contributed by atoms with Crippen LogP contribution in [0.3, 0.4) is 0 Å². The van der Waals surface area contributed by atoms with Crippen molar-refractivity contribution >= 4 is 28.9 Å². The average molecular weight is 521 g/mol. The van der Waals surface area contributed by atoms with Crippen LogP contribution in [-0.2, 0) is 14.3 Å². The van der Waals surface area contributed by atoms with Crippen LogP contribution in [0.4, 0.5) is 30.2 Å². The Morgan fingerprint density at radius 3 is 2.54 bits per heavy atom. The number of alkyl halides is 3. The van der Waals surface area contributed by atoms with Crippen molar-refractivity contribution in [2.75, 3.05) is 42.8 Å². The third-order valence-corrected chi connectivity index (χ3v) is 5.21. The lowest BCUT2D eigenvalue weighted by molar-refractivity contribution is -0.192. The summed E-state index contributed by atoms with van der Waals surface area (Å²) >= 11 is 0. The summed E-state index contributed by atoms with van der Waals surface area (Å²) in [6, 6.07) is 16.8. The third kappa shape index (κ3) is 7.21. The second-order valence-electron chi connectivity index (χ2n) is 7.93. The summed E-state index contributed by atoms with van der Waals surface area (Å²) in [6.07, 6.45) is -5.38. The maximum absolute atomic E-state index is 13.2. The van der Waals surface area contributed by atoms with Crippen molar-refractivity contribution in [1.29, 1.82) is 0 Å². The first kappa shape index (κ1) is 27.5. The van der Waals surface area contributed by atoms with Crippen LogP contribution in [0.2, 0.25) is 0 Å². The van der Waals surface area contributed by atoms with Gasteiger partial charge in [0.2, 0.25) is 0 Å². The Kier molecular flexibility index (Phi) is 8.73. The molecule has 4 N–H and O–H groups in total. The quantitative estimate of drug-likeness (QED) is 0.435. The first-order valence-electron chi connectivity index (χ1n) is 11.0. The maximum Gasteiger partial charge on any atom is 0.490 e. The van der Waals surface area contributed by atoms with Gasteiger partial charge in [0.15, 0.2) is 6.29 Å². The van der Waals surface area contributed by atoms with Gasteiger partial charge in [-0.15, -0.1) is 0 Å². The predicted octanol–water partition coefficient (Wildman–Crippen LogP) is 3.46. The molecule has 1 saturated heterocycles. The SMILES string of the molecule is COC1CN(c2ccccc2NC(=O)c2cc(C)nn2-c2cccc(N)c2)CCO1.O=C(O)C(F)(F)F. The monoisotopic (exact) mass is 521 g/mol. The number of aliphatic carboxylic acids is 1. The van der Waals surface area contributed by atoms with Gasteiger partial charge in [0.1, 0.15) is 5.69 Å². The first-order valence-corrected chi connectivity index (χ1v) is 11.0. The van der Waals surface area contributed by atoms with Crippen molar-refractivity contribution in [2.24, 2.45) is 0 Å². The zero-order valence-corrected chi connectivity index (χ0v) is 20.0. The Hall–Kier alpha value is -4.10. The highest BCUT2D eigenvalue weighted by Crippen LogP contribution is 2.28. The first-order chi connectivity index (χ1) is 17.5. The number of carbonyl (C=O) groups excluding carboxylic acids is 1. The molecule has 0 aliphatic carbocycles. The molecule has 0 saturated carbocycles. The summed E-state index contributed by atoms with van der Waals surface area (Å²) in [5.74, 6) is -3.01. The molecular weight excluding hydrogens is 495 g/mol. The predicted molar refractivity (Wildman–Crippen MR) is 130 cm³/mol. The molecule has 10 nitrogen and oxygen atoms in total. The number of morpholine rings is 1. The fourth-order valence-corrected chi connectivity index (χ4v) is 3.54. The molecule has 1 amide bonds. The number of methoxy groups -OCH3 is 1. The van der Waals surface area contributed by atoms with Gasteiger partial charge in [0.25, 0.3) is 5.91 Å². The highest BCUT2D eigenvalue weighted by molar-refractivity contribution is 6.05. The highest BCUT2D eigenvalue weighted by Gasteiger charge is 2.38. The number of nitrogen functional groups attached to an aromatic ring is 1. The normalized spacial score (nSPS) is 15.5. The number of amides is 1. The Labute approximate surface area is 210 Å². The number of para-hydroxylation sites is 2. The molecule has 1 unspecified atom stereocenters. The smallest absolute Gasteiger partial charge is 0.475 e. The van der Waals surface area contributed by atoms with Crippen molar-refractivity contribution < 1.29 is 37.3 Å². The second-order valence-corrected chi connectivity index (χ2v) is 7.93. The van der Waals surface area contributed by atoms with E-state index in [0.717, 1.165) is 22.8 Å². The summed E-state index contributed by atoms with van der Waals surface area (Å²) < 4.78 is 44.3. The number of carboxylic acid groups (broad SMARTS) is 1. The number of carboxylic acids is 1. The molecule has 13 heteroatoms. The summed E-state index contributed by atoms with van der Waals surface area (Å²) in [4.78, 5) is 24.2. The van der Waals surface area contributed by atoms with E-state index < -0.39 is 12.1 Å². The lowest BCUT2D eigenvalue weighted by Gasteiger charge is -2.34. The molecule has 1 aromatic heterocycles. The number of hydrogen-bond donors (Lipinski definition) is 3. The number of benzene rings is 2. The Morgan fingerprint density at radius 2 is 1.89 bits per heavy atom. The average Bonchev–Trinajstić information content (AvgIpc) is 3.26. The fraction of sp³-hybridized carbons (Fsp3) is 0.292. The van der Waals surface area contributed by atoms with Gasteiger partial charge in [0, 0.05) is 19.3 Å². The Morgan fingerprint density at radius 1 is 1.19 bits per heavy atom. The molecule has 0 radical (unpaired) electrons. The number of carbonyl (C=O) groups is 2. The van der Waals surface area contributed by atoms with E-state index in [0.29, 0.717) is 31.1 Å². The lowest BCUT2D eigenvalue weighted by Crippen LogP contribution is -2.43. The molecule has 0 bridgehead atoms. The number of anilines is 3. The lowest BCUT2D eigenvalue weighted by atomic mass is 10.2. The number of rotatable bonds is 5. The van der Waals surface area contributed by atoms with Crippen molar-refractivity contribution in [2.45, 2.75) is 19.4 Å². The molecule has 1 atom stereocenters. The molecule has 2 aromatic carbocycles. The van der Waals surface area contributed by atoms with Crippen LogP contribution in [0.25, 0.3) is 5.69 Å². The topological polar surface area (TPSA) is 132 Å². The summed E-state index contributed by atoms with van der Waals surface area (Å²) in [7, 11) is 1.63. The van der Waals surface area contributed by atoms with Crippen LogP contribution in [0.15, 0.2) is 54.6 Å². The molecule has 1 fully saturated rings. The van der Waals surface area contributed by atoms with Crippen molar-refractivity contribution in [3.63, 3.8) is 0 Å². The van der Waals surface area contributed by atoms with Crippen molar-refractivity contribution in [1.82, 2.24) is 9.78 Å². The van der Waals surface area contributed by atoms with E-state index in [2.05, 4.69) is 15.3 Å². The number of ether oxygens (including phenoxy) is 2. The molecule has 0 spiro atoms. The van der Waals surface area contributed by atoms with Gasteiger partial charge in [-0.05, 0) is 43.3 Å².